The van der Waals surface area contributed by atoms with E-state index in [9.17, 15) is 4.79 Å². The summed E-state index contributed by atoms with van der Waals surface area (Å²) >= 11 is 0. The van der Waals surface area contributed by atoms with Gasteiger partial charge in [0.25, 0.3) is 0 Å². The lowest BCUT2D eigenvalue weighted by Crippen LogP contribution is -2.14. The average Bonchev–Trinajstić information content (AvgIpc) is 3.30. The summed E-state index contributed by atoms with van der Waals surface area (Å²) in [6, 6.07) is 14.8. The average molecular weight is 390 g/mol. The number of anilines is 1. The summed E-state index contributed by atoms with van der Waals surface area (Å²) in [5, 5.41) is 11.2. The molecule has 0 bridgehead atoms. The molecule has 0 radical (unpaired) electrons. The first kappa shape index (κ1) is 19.2. The summed E-state index contributed by atoms with van der Waals surface area (Å²) in [6.45, 7) is 0. The SMILES string of the molecule is O=C(CCC1CCCCC1)Nc1ccc(Oc2ccc(-n3cccc3)nn2)cc1. The number of nitrogens with one attached hydrogen (secondary N) is 1. The standard InChI is InChI=1S/C23H26N4O2/c28-22(14-8-18-6-2-1-3-7-18)24-19-9-11-20(12-10-19)29-23-15-13-21(25-26-23)27-16-4-5-17-27/h4-5,9-13,15-18H,1-3,6-8,14H2,(H,24,28). The molecule has 1 fully saturated rings. The van der Waals surface area contributed by atoms with E-state index in [1.165, 1.54) is 32.1 Å². The molecule has 1 aliphatic rings. The Labute approximate surface area is 170 Å². The molecule has 6 heteroatoms. The fourth-order valence-corrected chi connectivity index (χ4v) is 3.75. The molecule has 0 atom stereocenters. The fourth-order valence-electron chi connectivity index (χ4n) is 3.75. The quantitative estimate of drug-likeness (QED) is 0.590. The predicted octanol–water partition coefficient (Wildman–Crippen LogP) is 5.36. The summed E-state index contributed by atoms with van der Waals surface area (Å²) in [7, 11) is 0. The van der Waals surface area contributed by atoms with Gasteiger partial charge in [0, 0.05) is 30.6 Å². The van der Waals surface area contributed by atoms with E-state index in [1.54, 1.807) is 6.07 Å². The Morgan fingerprint density at radius 2 is 1.76 bits per heavy atom. The van der Waals surface area contributed by atoms with Crippen LogP contribution in [0.4, 0.5) is 5.69 Å². The molecule has 29 heavy (non-hydrogen) atoms. The van der Waals surface area contributed by atoms with E-state index in [1.807, 2.05) is 59.4 Å². The van der Waals surface area contributed by atoms with E-state index >= 15 is 0 Å². The lowest BCUT2D eigenvalue weighted by atomic mass is 9.86. The van der Waals surface area contributed by atoms with Crippen molar-refractivity contribution in [2.24, 2.45) is 5.92 Å². The van der Waals surface area contributed by atoms with Crippen LogP contribution in [-0.4, -0.2) is 20.7 Å². The highest BCUT2D eigenvalue weighted by Gasteiger charge is 2.15. The van der Waals surface area contributed by atoms with Gasteiger partial charge in [0.1, 0.15) is 5.75 Å². The highest BCUT2D eigenvalue weighted by Crippen LogP contribution is 2.27. The molecule has 4 rings (SSSR count). The van der Waals surface area contributed by atoms with Crippen LogP contribution in [0.15, 0.2) is 60.9 Å². The van der Waals surface area contributed by atoms with Crippen LogP contribution in [0.3, 0.4) is 0 Å². The smallest absolute Gasteiger partial charge is 0.238 e. The van der Waals surface area contributed by atoms with Crippen LogP contribution >= 0.6 is 0 Å². The molecule has 2 aromatic heterocycles. The summed E-state index contributed by atoms with van der Waals surface area (Å²) < 4.78 is 7.62. The van der Waals surface area contributed by atoms with Gasteiger partial charge in [0.05, 0.1) is 0 Å². The molecule has 1 saturated carbocycles. The minimum Gasteiger partial charge on any atom is -0.438 e. The lowest BCUT2D eigenvalue weighted by Gasteiger charge is -2.21. The van der Waals surface area contributed by atoms with Gasteiger partial charge in [-0.1, -0.05) is 32.1 Å². The van der Waals surface area contributed by atoms with Crippen molar-refractivity contribution >= 4 is 11.6 Å². The molecule has 0 spiro atoms. The zero-order valence-corrected chi connectivity index (χ0v) is 16.5. The first-order valence-corrected chi connectivity index (χ1v) is 10.3. The number of ether oxygens (including phenoxy) is 1. The molecule has 3 aromatic rings. The number of nitrogens with zero attached hydrogens (tertiary/aromatic N) is 3. The third kappa shape index (κ3) is 5.44. The second-order valence-corrected chi connectivity index (χ2v) is 7.54. The Morgan fingerprint density at radius 1 is 1.00 bits per heavy atom. The lowest BCUT2D eigenvalue weighted by molar-refractivity contribution is -0.116. The van der Waals surface area contributed by atoms with E-state index in [2.05, 4.69) is 15.5 Å². The predicted molar refractivity (Wildman–Crippen MR) is 112 cm³/mol. The number of carbonyl (C=O) groups is 1. The van der Waals surface area contributed by atoms with Crippen molar-refractivity contribution in [1.82, 2.24) is 14.8 Å². The monoisotopic (exact) mass is 390 g/mol. The van der Waals surface area contributed by atoms with E-state index < -0.39 is 0 Å². The number of rotatable bonds is 7. The fraction of sp³-hybridized carbons (Fsp3) is 0.348. The third-order valence-corrected chi connectivity index (χ3v) is 5.36. The van der Waals surface area contributed by atoms with Crippen molar-refractivity contribution in [3.8, 4) is 17.4 Å². The van der Waals surface area contributed by atoms with Crippen molar-refractivity contribution in [3.63, 3.8) is 0 Å². The van der Waals surface area contributed by atoms with E-state index in [4.69, 9.17) is 4.74 Å². The van der Waals surface area contributed by atoms with Crippen LogP contribution in [0.25, 0.3) is 5.82 Å². The number of hydrogen-bond donors (Lipinski definition) is 1. The van der Waals surface area contributed by atoms with E-state index in [-0.39, 0.29) is 5.91 Å². The highest BCUT2D eigenvalue weighted by molar-refractivity contribution is 5.90. The van der Waals surface area contributed by atoms with Crippen molar-refractivity contribution < 1.29 is 9.53 Å². The highest BCUT2D eigenvalue weighted by atomic mass is 16.5. The summed E-state index contributed by atoms with van der Waals surface area (Å²) in [6.07, 6.45) is 11.9. The summed E-state index contributed by atoms with van der Waals surface area (Å²) in [5.74, 6) is 2.60. The van der Waals surface area contributed by atoms with Gasteiger partial charge in [-0.05, 0) is 54.8 Å². The molecule has 1 N–H and O–H groups in total. The largest absolute Gasteiger partial charge is 0.438 e. The first-order valence-electron chi connectivity index (χ1n) is 10.3. The maximum Gasteiger partial charge on any atom is 0.238 e. The van der Waals surface area contributed by atoms with Gasteiger partial charge in [-0.15, -0.1) is 10.2 Å². The zero-order valence-electron chi connectivity index (χ0n) is 16.5. The Hall–Kier alpha value is -3.15. The molecular formula is C23H26N4O2. The van der Waals surface area contributed by atoms with Crippen molar-refractivity contribution in [3.05, 3.63) is 60.9 Å². The van der Waals surface area contributed by atoms with Crippen molar-refractivity contribution in [1.29, 1.82) is 0 Å². The molecule has 0 unspecified atom stereocenters. The van der Waals surface area contributed by atoms with Crippen LogP contribution in [0.5, 0.6) is 11.6 Å². The Kier molecular flexibility index (Phi) is 6.19. The van der Waals surface area contributed by atoms with Crippen LogP contribution in [0.1, 0.15) is 44.9 Å². The van der Waals surface area contributed by atoms with Gasteiger partial charge in [0.2, 0.25) is 11.8 Å². The molecule has 1 aromatic carbocycles. The van der Waals surface area contributed by atoms with Crippen LogP contribution in [0, 0.1) is 5.92 Å². The second kappa shape index (κ2) is 9.37. The van der Waals surface area contributed by atoms with Crippen molar-refractivity contribution in [2.45, 2.75) is 44.9 Å². The molecule has 0 aliphatic heterocycles. The Balaban J connectivity index is 1.27. The van der Waals surface area contributed by atoms with E-state index in [0.717, 1.165) is 23.8 Å². The summed E-state index contributed by atoms with van der Waals surface area (Å²) in [4.78, 5) is 12.2. The summed E-state index contributed by atoms with van der Waals surface area (Å²) in [5.41, 5.74) is 0.778. The maximum absolute atomic E-state index is 12.2. The first-order chi connectivity index (χ1) is 14.3. The Morgan fingerprint density at radius 3 is 2.45 bits per heavy atom. The van der Waals surface area contributed by atoms with Crippen LogP contribution in [0.2, 0.25) is 0 Å². The second-order valence-electron chi connectivity index (χ2n) is 7.54. The third-order valence-electron chi connectivity index (χ3n) is 5.36. The number of amides is 1. The van der Waals surface area contributed by atoms with Crippen LogP contribution in [-0.2, 0) is 4.79 Å². The molecular weight excluding hydrogens is 364 g/mol. The van der Waals surface area contributed by atoms with Gasteiger partial charge in [-0.3, -0.25) is 4.79 Å². The zero-order chi connectivity index (χ0) is 19.9. The topological polar surface area (TPSA) is 69.0 Å². The molecule has 6 nitrogen and oxygen atoms in total. The Bertz CT molecular complexity index is 899. The van der Waals surface area contributed by atoms with Crippen molar-refractivity contribution in [2.75, 3.05) is 5.32 Å². The molecule has 150 valence electrons. The minimum absolute atomic E-state index is 0.0794. The van der Waals surface area contributed by atoms with Gasteiger partial charge in [-0.2, -0.15) is 0 Å². The number of benzene rings is 1. The number of carbonyl (C=O) groups excluding carboxylic acids is 1. The van der Waals surface area contributed by atoms with Gasteiger partial charge >= 0.3 is 0 Å². The van der Waals surface area contributed by atoms with Gasteiger partial charge in [0.15, 0.2) is 5.82 Å². The maximum atomic E-state index is 12.2. The normalized spacial score (nSPS) is 14.5. The minimum atomic E-state index is 0.0794. The van der Waals surface area contributed by atoms with E-state index in [0.29, 0.717) is 18.1 Å². The van der Waals surface area contributed by atoms with Gasteiger partial charge < -0.3 is 14.6 Å². The molecule has 1 aliphatic carbocycles. The molecule has 0 saturated heterocycles. The van der Waals surface area contributed by atoms with Gasteiger partial charge in [-0.25, -0.2) is 0 Å². The molecule has 1 amide bonds. The number of hydrogen-bond acceptors (Lipinski definition) is 4. The number of aromatic nitrogens is 3. The van der Waals surface area contributed by atoms with Crippen LogP contribution < -0.4 is 10.1 Å². The molecule has 2 heterocycles.